The summed E-state index contributed by atoms with van der Waals surface area (Å²) in [4.78, 5) is 0. The molecule has 1 heterocycles. The highest BCUT2D eigenvalue weighted by molar-refractivity contribution is 6.58. The van der Waals surface area contributed by atoms with Gasteiger partial charge in [-0.15, -0.1) is 0 Å². The first-order chi connectivity index (χ1) is 10.1. The fraction of sp³-hybridized carbons (Fsp3) is 0.250. The van der Waals surface area contributed by atoms with Gasteiger partial charge >= 0.3 is 7.12 Å². The molecular formula is C16H17BO4. The van der Waals surface area contributed by atoms with Gasteiger partial charge in [0, 0.05) is 11.5 Å². The summed E-state index contributed by atoms with van der Waals surface area (Å²) < 4.78 is 5.69. The minimum Gasteiger partial charge on any atom is -0.493 e. The minimum absolute atomic E-state index is 0.00944. The Balaban J connectivity index is 1.81. The molecule has 4 nitrogen and oxygen atoms in total. The van der Waals surface area contributed by atoms with Crippen LogP contribution in [0.2, 0.25) is 0 Å². The number of aliphatic hydroxyl groups excluding tert-OH is 1. The van der Waals surface area contributed by atoms with Crippen molar-refractivity contribution in [1.82, 2.24) is 0 Å². The molecule has 5 heteroatoms. The predicted octanol–water partition coefficient (Wildman–Crippen LogP) is 0.651. The maximum atomic E-state index is 10.5. The Morgan fingerprint density at radius 2 is 1.86 bits per heavy atom. The highest BCUT2D eigenvalue weighted by atomic mass is 16.5. The predicted molar refractivity (Wildman–Crippen MR) is 80.4 cm³/mol. The van der Waals surface area contributed by atoms with Crippen LogP contribution in [0.5, 0.6) is 5.75 Å². The van der Waals surface area contributed by atoms with E-state index in [4.69, 9.17) is 4.74 Å². The van der Waals surface area contributed by atoms with Gasteiger partial charge in [0.2, 0.25) is 0 Å². The van der Waals surface area contributed by atoms with Crippen LogP contribution in [0, 0.1) is 5.92 Å². The van der Waals surface area contributed by atoms with Crippen molar-refractivity contribution in [3.05, 3.63) is 59.7 Å². The molecule has 108 valence electrons. The zero-order valence-electron chi connectivity index (χ0n) is 11.5. The second-order valence-corrected chi connectivity index (χ2v) is 5.38. The molecule has 3 N–H and O–H groups in total. The van der Waals surface area contributed by atoms with Crippen LogP contribution in [0.1, 0.15) is 17.2 Å². The number of fused-ring (bicyclic) bond motifs is 1. The van der Waals surface area contributed by atoms with Crippen molar-refractivity contribution in [2.75, 3.05) is 6.61 Å². The zero-order chi connectivity index (χ0) is 14.8. The second kappa shape index (κ2) is 5.89. The molecule has 21 heavy (non-hydrogen) atoms. The van der Waals surface area contributed by atoms with Crippen LogP contribution in [-0.4, -0.2) is 28.9 Å². The first-order valence-electron chi connectivity index (χ1n) is 7.00. The Hall–Kier alpha value is -1.82. The highest BCUT2D eigenvalue weighted by Gasteiger charge is 2.30. The molecule has 2 aromatic carbocycles. The lowest BCUT2D eigenvalue weighted by atomic mass is 9.78. The molecule has 0 amide bonds. The first kappa shape index (κ1) is 14.1. The van der Waals surface area contributed by atoms with Gasteiger partial charge in [0.25, 0.3) is 0 Å². The zero-order valence-corrected chi connectivity index (χ0v) is 11.5. The van der Waals surface area contributed by atoms with Crippen LogP contribution in [0.4, 0.5) is 0 Å². The van der Waals surface area contributed by atoms with E-state index in [9.17, 15) is 15.2 Å². The van der Waals surface area contributed by atoms with Crippen molar-refractivity contribution in [2.24, 2.45) is 5.92 Å². The Labute approximate surface area is 123 Å². The van der Waals surface area contributed by atoms with E-state index in [-0.39, 0.29) is 5.92 Å². The van der Waals surface area contributed by atoms with Gasteiger partial charge in [-0.05, 0) is 23.5 Å². The summed E-state index contributed by atoms with van der Waals surface area (Å²) >= 11 is 0. The van der Waals surface area contributed by atoms with Gasteiger partial charge in [0.15, 0.2) is 0 Å². The summed E-state index contributed by atoms with van der Waals surface area (Å²) in [6.45, 7) is 0.411. The van der Waals surface area contributed by atoms with Crippen molar-refractivity contribution >= 4 is 12.6 Å². The molecule has 2 aromatic rings. The number of ether oxygens (including phenoxy) is 1. The SMILES string of the molecule is OB(O)c1ccc2c(c1)OCC(Cc1ccccc1)C2O. The highest BCUT2D eigenvalue weighted by Crippen LogP contribution is 2.36. The summed E-state index contributed by atoms with van der Waals surface area (Å²) in [5.41, 5.74) is 2.23. The average molecular weight is 284 g/mol. The Kier molecular flexibility index (Phi) is 3.97. The summed E-state index contributed by atoms with van der Waals surface area (Å²) in [5.74, 6) is 0.516. The molecule has 0 aromatic heterocycles. The molecule has 1 aliphatic rings. The summed E-state index contributed by atoms with van der Waals surface area (Å²) in [5, 5.41) is 28.9. The average Bonchev–Trinajstić information content (AvgIpc) is 2.51. The molecule has 0 fully saturated rings. The summed E-state index contributed by atoms with van der Waals surface area (Å²) in [7, 11) is -1.53. The number of hydrogen-bond donors (Lipinski definition) is 3. The van der Waals surface area contributed by atoms with E-state index >= 15 is 0 Å². The van der Waals surface area contributed by atoms with E-state index in [0.717, 1.165) is 12.0 Å². The van der Waals surface area contributed by atoms with Crippen molar-refractivity contribution in [1.29, 1.82) is 0 Å². The molecule has 0 saturated carbocycles. The smallest absolute Gasteiger partial charge is 0.488 e. The van der Waals surface area contributed by atoms with E-state index in [1.54, 1.807) is 18.2 Å². The maximum absolute atomic E-state index is 10.5. The van der Waals surface area contributed by atoms with E-state index < -0.39 is 13.2 Å². The lowest BCUT2D eigenvalue weighted by molar-refractivity contribution is 0.0509. The van der Waals surface area contributed by atoms with Gasteiger partial charge in [-0.3, -0.25) is 0 Å². The quantitative estimate of drug-likeness (QED) is 0.724. The minimum atomic E-state index is -1.53. The van der Waals surface area contributed by atoms with E-state index in [2.05, 4.69) is 0 Å². The lowest BCUT2D eigenvalue weighted by Crippen LogP contribution is -2.33. The van der Waals surface area contributed by atoms with Crippen molar-refractivity contribution in [3.8, 4) is 5.75 Å². The number of aliphatic hydroxyl groups is 1. The largest absolute Gasteiger partial charge is 0.493 e. The lowest BCUT2D eigenvalue weighted by Gasteiger charge is -2.30. The Bertz CT molecular complexity index is 615. The van der Waals surface area contributed by atoms with Gasteiger partial charge in [-0.1, -0.05) is 42.5 Å². The normalized spacial score (nSPS) is 20.5. The van der Waals surface area contributed by atoms with Gasteiger partial charge in [-0.2, -0.15) is 0 Å². The van der Waals surface area contributed by atoms with Crippen LogP contribution in [0.25, 0.3) is 0 Å². The Morgan fingerprint density at radius 1 is 1.10 bits per heavy atom. The molecule has 2 unspecified atom stereocenters. The third-order valence-corrected chi connectivity index (χ3v) is 3.89. The molecule has 0 bridgehead atoms. The topological polar surface area (TPSA) is 69.9 Å². The standard InChI is InChI=1S/C16H17BO4/c18-16-12(8-11-4-2-1-3-5-11)10-21-15-9-13(17(19)20)6-7-14(15)16/h1-7,9,12,16,18-20H,8,10H2. The molecular weight excluding hydrogens is 267 g/mol. The molecule has 0 aliphatic carbocycles. The third kappa shape index (κ3) is 2.95. The third-order valence-electron chi connectivity index (χ3n) is 3.89. The van der Waals surface area contributed by atoms with E-state index in [1.807, 2.05) is 30.3 Å². The van der Waals surface area contributed by atoms with Crippen LogP contribution >= 0.6 is 0 Å². The van der Waals surface area contributed by atoms with Gasteiger partial charge in [0.05, 0.1) is 12.7 Å². The van der Waals surface area contributed by atoms with Gasteiger partial charge in [0.1, 0.15) is 5.75 Å². The molecule has 1 aliphatic heterocycles. The van der Waals surface area contributed by atoms with Crippen molar-refractivity contribution in [3.63, 3.8) is 0 Å². The number of benzene rings is 2. The fourth-order valence-electron chi connectivity index (χ4n) is 2.71. The van der Waals surface area contributed by atoms with Crippen LogP contribution in [0.3, 0.4) is 0 Å². The number of rotatable bonds is 3. The fourth-order valence-corrected chi connectivity index (χ4v) is 2.71. The molecule has 3 rings (SSSR count). The molecule has 2 atom stereocenters. The van der Waals surface area contributed by atoms with Gasteiger partial charge in [-0.25, -0.2) is 0 Å². The van der Waals surface area contributed by atoms with Crippen molar-refractivity contribution in [2.45, 2.75) is 12.5 Å². The monoisotopic (exact) mass is 284 g/mol. The van der Waals surface area contributed by atoms with Crippen LogP contribution in [0.15, 0.2) is 48.5 Å². The molecule has 0 radical (unpaired) electrons. The van der Waals surface area contributed by atoms with E-state index in [0.29, 0.717) is 23.4 Å². The van der Waals surface area contributed by atoms with E-state index in [1.165, 1.54) is 0 Å². The summed E-state index contributed by atoms with van der Waals surface area (Å²) in [6, 6.07) is 14.9. The maximum Gasteiger partial charge on any atom is 0.488 e. The number of hydrogen-bond acceptors (Lipinski definition) is 4. The van der Waals surface area contributed by atoms with Crippen LogP contribution in [-0.2, 0) is 6.42 Å². The molecule has 0 saturated heterocycles. The first-order valence-corrected chi connectivity index (χ1v) is 7.00. The second-order valence-electron chi connectivity index (χ2n) is 5.38. The Morgan fingerprint density at radius 3 is 2.57 bits per heavy atom. The van der Waals surface area contributed by atoms with Gasteiger partial charge < -0.3 is 19.9 Å². The van der Waals surface area contributed by atoms with Crippen LogP contribution < -0.4 is 10.2 Å². The van der Waals surface area contributed by atoms with Crippen molar-refractivity contribution < 1.29 is 19.9 Å². The molecule has 0 spiro atoms. The summed E-state index contributed by atoms with van der Waals surface area (Å²) in [6.07, 6.45) is 0.130.